The van der Waals surface area contributed by atoms with Crippen molar-refractivity contribution in [1.82, 2.24) is 4.90 Å². The molecule has 0 unspecified atom stereocenters. The summed E-state index contributed by atoms with van der Waals surface area (Å²) in [4.78, 5) is 15.0. The van der Waals surface area contributed by atoms with Gasteiger partial charge in [-0.3, -0.25) is 9.69 Å². The van der Waals surface area contributed by atoms with Gasteiger partial charge in [-0.2, -0.15) is 0 Å². The van der Waals surface area contributed by atoms with Crippen molar-refractivity contribution in [3.8, 4) is 5.75 Å². The number of aryl methyl sites for hydroxylation is 1. The molecular formula is C26H30N2O4. The molecule has 0 radical (unpaired) electrons. The van der Waals surface area contributed by atoms with Crippen LogP contribution in [0.3, 0.4) is 0 Å². The zero-order chi connectivity index (χ0) is 22.2. The van der Waals surface area contributed by atoms with E-state index in [0.717, 1.165) is 62.7 Å². The third-order valence-corrected chi connectivity index (χ3v) is 5.42. The number of hydrogen-bond acceptors (Lipinski definition) is 5. The fourth-order valence-corrected chi connectivity index (χ4v) is 3.73. The molecule has 0 bridgehead atoms. The zero-order valence-corrected chi connectivity index (χ0v) is 18.5. The second-order valence-electron chi connectivity index (χ2n) is 7.99. The summed E-state index contributed by atoms with van der Waals surface area (Å²) in [5, 5.41) is 2.92. The first-order chi connectivity index (χ1) is 15.7. The topological polar surface area (TPSA) is 63.9 Å². The van der Waals surface area contributed by atoms with Crippen molar-refractivity contribution in [1.29, 1.82) is 0 Å². The van der Waals surface area contributed by atoms with Crippen LogP contribution in [0.5, 0.6) is 5.75 Å². The van der Waals surface area contributed by atoms with Gasteiger partial charge in [0.15, 0.2) is 5.76 Å². The third kappa shape index (κ3) is 6.22. The number of carbonyl (C=O) groups excluding carboxylic acids is 1. The maximum atomic E-state index is 12.6. The van der Waals surface area contributed by atoms with Gasteiger partial charge in [-0.25, -0.2) is 0 Å². The van der Waals surface area contributed by atoms with E-state index in [2.05, 4.69) is 35.3 Å². The van der Waals surface area contributed by atoms with Gasteiger partial charge in [-0.1, -0.05) is 37.6 Å². The molecule has 3 aromatic rings. The van der Waals surface area contributed by atoms with E-state index in [9.17, 15) is 4.79 Å². The Hall–Kier alpha value is -3.09. The Morgan fingerprint density at radius 3 is 2.62 bits per heavy atom. The minimum absolute atomic E-state index is 0.264. The highest BCUT2D eigenvalue weighted by atomic mass is 16.5. The molecule has 4 rings (SSSR count). The summed E-state index contributed by atoms with van der Waals surface area (Å²) >= 11 is 0. The number of carbonyl (C=O) groups is 1. The van der Waals surface area contributed by atoms with Crippen LogP contribution in [-0.4, -0.2) is 37.1 Å². The molecule has 1 N–H and O–H groups in total. The summed E-state index contributed by atoms with van der Waals surface area (Å²) in [5.74, 6) is 1.38. The van der Waals surface area contributed by atoms with Crippen LogP contribution in [0.4, 0.5) is 5.69 Å². The van der Waals surface area contributed by atoms with E-state index in [1.807, 2.05) is 30.3 Å². The number of anilines is 1. The van der Waals surface area contributed by atoms with Gasteiger partial charge in [0.2, 0.25) is 0 Å². The Kier molecular flexibility index (Phi) is 7.59. The van der Waals surface area contributed by atoms with Crippen molar-refractivity contribution >= 4 is 11.6 Å². The summed E-state index contributed by atoms with van der Waals surface area (Å²) in [6.45, 7) is 6.67. The number of ether oxygens (including phenoxy) is 2. The highest BCUT2D eigenvalue weighted by Crippen LogP contribution is 2.18. The molecule has 168 valence electrons. The molecule has 0 saturated carbocycles. The standard InChI is InChI=1S/C26H30N2O4/c1-2-4-20-7-9-23(10-8-20)31-19-24-11-12-25(32-24)26(29)27-22-6-3-5-21(17-22)18-28-13-15-30-16-14-28/h3,5-12,17H,2,4,13-16,18-19H2,1H3,(H,27,29). The van der Waals surface area contributed by atoms with Crippen molar-refractivity contribution in [3.05, 3.63) is 83.3 Å². The Balaban J connectivity index is 1.30. The Morgan fingerprint density at radius 1 is 1.03 bits per heavy atom. The molecule has 6 nitrogen and oxygen atoms in total. The first-order valence-electron chi connectivity index (χ1n) is 11.2. The first kappa shape index (κ1) is 22.1. The van der Waals surface area contributed by atoms with Gasteiger partial charge in [-0.05, 0) is 53.9 Å². The second kappa shape index (κ2) is 11.0. The largest absolute Gasteiger partial charge is 0.486 e. The average molecular weight is 435 g/mol. The maximum Gasteiger partial charge on any atom is 0.291 e. The fraction of sp³-hybridized carbons (Fsp3) is 0.346. The highest BCUT2D eigenvalue weighted by Gasteiger charge is 2.14. The average Bonchev–Trinajstić information content (AvgIpc) is 3.29. The SMILES string of the molecule is CCCc1ccc(OCc2ccc(C(=O)Nc3cccc(CN4CCOCC4)c3)o2)cc1. The summed E-state index contributed by atoms with van der Waals surface area (Å²) < 4.78 is 16.9. The highest BCUT2D eigenvalue weighted by molar-refractivity contribution is 6.02. The fourth-order valence-electron chi connectivity index (χ4n) is 3.73. The van der Waals surface area contributed by atoms with E-state index >= 15 is 0 Å². The van der Waals surface area contributed by atoms with E-state index in [0.29, 0.717) is 5.76 Å². The van der Waals surface area contributed by atoms with Gasteiger partial charge in [0, 0.05) is 25.3 Å². The van der Waals surface area contributed by atoms with Gasteiger partial charge < -0.3 is 19.2 Å². The molecule has 0 aliphatic carbocycles. The molecule has 1 amide bonds. The lowest BCUT2D eigenvalue weighted by Crippen LogP contribution is -2.35. The Morgan fingerprint density at radius 2 is 1.84 bits per heavy atom. The molecule has 2 aromatic carbocycles. The lowest BCUT2D eigenvalue weighted by molar-refractivity contribution is 0.0342. The summed E-state index contributed by atoms with van der Waals surface area (Å²) in [5.41, 5.74) is 3.20. The molecular weight excluding hydrogens is 404 g/mol. The number of hydrogen-bond donors (Lipinski definition) is 1. The minimum atomic E-state index is -0.274. The quantitative estimate of drug-likeness (QED) is 0.519. The van der Waals surface area contributed by atoms with Gasteiger partial charge in [0.05, 0.1) is 13.2 Å². The van der Waals surface area contributed by atoms with Crippen LogP contribution in [0.25, 0.3) is 0 Å². The van der Waals surface area contributed by atoms with Gasteiger partial charge >= 0.3 is 0 Å². The van der Waals surface area contributed by atoms with Crippen LogP contribution in [0.1, 0.15) is 40.8 Å². The van der Waals surface area contributed by atoms with E-state index in [1.165, 1.54) is 5.56 Å². The van der Waals surface area contributed by atoms with Crippen molar-refractivity contribution in [2.45, 2.75) is 32.9 Å². The number of morpholine rings is 1. The normalized spacial score (nSPS) is 14.3. The molecule has 1 aliphatic rings. The lowest BCUT2D eigenvalue weighted by atomic mass is 10.1. The molecule has 0 atom stereocenters. The predicted octanol–water partition coefficient (Wildman–Crippen LogP) is 4.90. The van der Waals surface area contributed by atoms with E-state index in [1.54, 1.807) is 12.1 Å². The van der Waals surface area contributed by atoms with Gasteiger partial charge in [-0.15, -0.1) is 0 Å². The maximum absolute atomic E-state index is 12.6. The number of rotatable bonds is 9. The molecule has 2 heterocycles. The molecule has 1 saturated heterocycles. The van der Waals surface area contributed by atoms with Crippen LogP contribution in [0.2, 0.25) is 0 Å². The van der Waals surface area contributed by atoms with Crippen molar-refractivity contribution in [2.75, 3.05) is 31.6 Å². The van der Waals surface area contributed by atoms with E-state index in [-0.39, 0.29) is 18.3 Å². The van der Waals surface area contributed by atoms with Crippen LogP contribution in [0, 0.1) is 0 Å². The monoisotopic (exact) mass is 434 g/mol. The Bertz CT molecular complexity index is 1010. The predicted molar refractivity (Wildman–Crippen MR) is 124 cm³/mol. The molecule has 6 heteroatoms. The van der Waals surface area contributed by atoms with Crippen LogP contribution < -0.4 is 10.1 Å². The van der Waals surface area contributed by atoms with E-state index < -0.39 is 0 Å². The van der Waals surface area contributed by atoms with Gasteiger partial charge in [0.1, 0.15) is 18.1 Å². The van der Waals surface area contributed by atoms with Crippen LogP contribution >= 0.6 is 0 Å². The molecule has 0 spiro atoms. The number of amides is 1. The molecule has 1 aromatic heterocycles. The zero-order valence-electron chi connectivity index (χ0n) is 18.5. The number of nitrogens with one attached hydrogen (secondary N) is 1. The third-order valence-electron chi connectivity index (χ3n) is 5.42. The number of furan rings is 1. The first-order valence-corrected chi connectivity index (χ1v) is 11.2. The number of benzene rings is 2. The lowest BCUT2D eigenvalue weighted by Gasteiger charge is -2.26. The number of nitrogens with zero attached hydrogens (tertiary/aromatic N) is 1. The summed E-state index contributed by atoms with van der Waals surface area (Å²) in [6, 6.07) is 19.4. The minimum Gasteiger partial charge on any atom is -0.486 e. The summed E-state index contributed by atoms with van der Waals surface area (Å²) in [7, 11) is 0. The molecule has 1 aliphatic heterocycles. The smallest absolute Gasteiger partial charge is 0.291 e. The van der Waals surface area contributed by atoms with Crippen LogP contribution in [0.15, 0.2) is 65.1 Å². The van der Waals surface area contributed by atoms with Crippen LogP contribution in [-0.2, 0) is 24.3 Å². The molecule has 32 heavy (non-hydrogen) atoms. The summed E-state index contributed by atoms with van der Waals surface area (Å²) in [6.07, 6.45) is 2.18. The second-order valence-corrected chi connectivity index (χ2v) is 7.99. The van der Waals surface area contributed by atoms with Crippen molar-refractivity contribution in [2.24, 2.45) is 0 Å². The van der Waals surface area contributed by atoms with E-state index in [4.69, 9.17) is 13.9 Å². The van der Waals surface area contributed by atoms with Crippen molar-refractivity contribution in [3.63, 3.8) is 0 Å². The molecule has 1 fully saturated rings. The van der Waals surface area contributed by atoms with Gasteiger partial charge in [0.25, 0.3) is 5.91 Å². The van der Waals surface area contributed by atoms with Crippen molar-refractivity contribution < 1.29 is 18.7 Å². The Labute approximate surface area is 189 Å².